The standard InChI is InChI=1S/C27H34N2O2/c1-4-5-12-31-21-7-9-22-19(14-21)6-8-24-23(22)10-11-27(2)25(24)15-20(26(27)30)13-18-16-28-29(3)17-18/h7,9,13-14,16-17,23-25H,4-6,8,10-12,15H2,1-3H3/b20-13+/t23-,24-,25+,27+/m0/s1. The molecule has 0 radical (unpaired) electrons. The maximum Gasteiger partial charge on any atom is 0.165 e. The number of unbranched alkanes of at least 4 members (excludes halogenated alkanes) is 1. The molecule has 0 amide bonds. The van der Waals surface area contributed by atoms with Crippen molar-refractivity contribution in [1.82, 2.24) is 9.78 Å². The van der Waals surface area contributed by atoms with E-state index in [9.17, 15) is 4.79 Å². The average molecular weight is 419 g/mol. The minimum Gasteiger partial charge on any atom is -0.494 e. The van der Waals surface area contributed by atoms with Crippen LogP contribution in [0.4, 0.5) is 0 Å². The molecule has 1 aromatic heterocycles. The first-order chi connectivity index (χ1) is 15.0. The maximum absolute atomic E-state index is 13.5. The van der Waals surface area contributed by atoms with E-state index in [1.54, 1.807) is 4.68 Å². The summed E-state index contributed by atoms with van der Waals surface area (Å²) in [5.74, 6) is 3.03. The van der Waals surface area contributed by atoms with Gasteiger partial charge < -0.3 is 4.74 Å². The molecular formula is C27H34N2O2. The summed E-state index contributed by atoms with van der Waals surface area (Å²) in [7, 11) is 1.92. The van der Waals surface area contributed by atoms with Crippen molar-refractivity contribution < 1.29 is 9.53 Å². The quantitative estimate of drug-likeness (QED) is 0.461. The van der Waals surface area contributed by atoms with Crippen LogP contribution in [0.15, 0.2) is 36.2 Å². The molecule has 0 unspecified atom stereocenters. The molecule has 4 atom stereocenters. The maximum atomic E-state index is 13.5. The summed E-state index contributed by atoms with van der Waals surface area (Å²) in [4.78, 5) is 13.5. The van der Waals surface area contributed by atoms with E-state index in [1.807, 2.05) is 19.4 Å². The van der Waals surface area contributed by atoms with Crippen molar-refractivity contribution in [1.29, 1.82) is 0 Å². The molecule has 3 aliphatic rings. The number of aromatic nitrogens is 2. The van der Waals surface area contributed by atoms with Crippen molar-refractivity contribution in [3.8, 4) is 5.75 Å². The molecule has 164 valence electrons. The molecule has 2 fully saturated rings. The van der Waals surface area contributed by atoms with Gasteiger partial charge in [0.1, 0.15) is 5.75 Å². The Hall–Kier alpha value is -2.36. The zero-order valence-electron chi connectivity index (χ0n) is 19.1. The third-order valence-electron chi connectivity index (χ3n) is 8.17. The minimum absolute atomic E-state index is 0.198. The van der Waals surface area contributed by atoms with Gasteiger partial charge in [-0.25, -0.2) is 0 Å². The SMILES string of the molecule is CCCCOc1ccc2c(c1)CC[C@@H]1[C@H]3C/C(=C\c4cnn(C)c4)C(=O)[C@]3(C)CC[C@@H]21. The van der Waals surface area contributed by atoms with E-state index in [-0.39, 0.29) is 5.41 Å². The monoisotopic (exact) mass is 418 g/mol. The summed E-state index contributed by atoms with van der Waals surface area (Å²) in [6.07, 6.45) is 13.5. The van der Waals surface area contributed by atoms with E-state index in [0.717, 1.165) is 62.0 Å². The lowest BCUT2D eigenvalue weighted by atomic mass is 9.55. The van der Waals surface area contributed by atoms with Gasteiger partial charge in [-0.05, 0) is 91.2 Å². The fraction of sp³-hybridized carbons (Fsp3) is 0.556. The lowest BCUT2D eigenvalue weighted by Gasteiger charge is -2.48. The molecule has 4 nitrogen and oxygen atoms in total. The Morgan fingerprint density at radius 2 is 2.19 bits per heavy atom. The molecule has 2 aromatic rings. The number of fused-ring (bicyclic) bond motifs is 5. The van der Waals surface area contributed by atoms with Crippen LogP contribution < -0.4 is 4.74 Å². The van der Waals surface area contributed by atoms with Gasteiger partial charge in [-0.15, -0.1) is 0 Å². The van der Waals surface area contributed by atoms with Crippen LogP contribution in [0.2, 0.25) is 0 Å². The number of Topliss-reactive ketones (excluding diaryl/α,β-unsaturated/α-hetero) is 1. The number of allylic oxidation sites excluding steroid dienone is 1. The van der Waals surface area contributed by atoms with Gasteiger partial charge in [0.05, 0.1) is 12.8 Å². The number of hydrogen-bond donors (Lipinski definition) is 0. The second-order valence-electron chi connectivity index (χ2n) is 10.1. The number of ether oxygens (including phenoxy) is 1. The Kier molecular flexibility index (Phi) is 5.27. The number of ketones is 1. The van der Waals surface area contributed by atoms with Crippen molar-refractivity contribution in [3.63, 3.8) is 0 Å². The van der Waals surface area contributed by atoms with Gasteiger partial charge >= 0.3 is 0 Å². The van der Waals surface area contributed by atoms with Gasteiger partial charge in [-0.1, -0.05) is 26.3 Å². The third kappa shape index (κ3) is 3.54. The number of carbonyl (C=O) groups excluding carboxylic acids is 1. The molecule has 5 rings (SSSR count). The summed E-state index contributed by atoms with van der Waals surface area (Å²) in [6, 6.07) is 6.76. The molecule has 0 saturated heterocycles. The normalized spacial score (nSPS) is 30.7. The topological polar surface area (TPSA) is 44.1 Å². The number of carbonyl (C=O) groups is 1. The highest BCUT2D eigenvalue weighted by Crippen LogP contribution is 2.60. The van der Waals surface area contributed by atoms with Crippen LogP contribution in [0, 0.1) is 17.3 Å². The van der Waals surface area contributed by atoms with Gasteiger partial charge in [0, 0.05) is 24.2 Å². The molecule has 4 heteroatoms. The Labute approximate surface area is 185 Å². The second-order valence-corrected chi connectivity index (χ2v) is 10.1. The molecule has 0 spiro atoms. The second kappa shape index (κ2) is 7.96. The molecule has 3 aliphatic carbocycles. The predicted octanol–water partition coefficient (Wildman–Crippen LogP) is 5.72. The Balaban J connectivity index is 1.39. The number of aryl methyl sites for hydroxylation is 2. The summed E-state index contributed by atoms with van der Waals surface area (Å²) in [6.45, 7) is 5.23. The van der Waals surface area contributed by atoms with E-state index in [2.05, 4.69) is 43.2 Å². The summed E-state index contributed by atoms with van der Waals surface area (Å²) in [5.41, 5.74) is 4.82. The van der Waals surface area contributed by atoms with Crippen molar-refractivity contribution in [2.45, 2.75) is 64.7 Å². The fourth-order valence-electron chi connectivity index (χ4n) is 6.50. The van der Waals surface area contributed by atoms with Gasteiger partial charge in [-0.2, -0.15) is 5.10 Å². The van der Waals surface area contributed by atoms with Gasteiger partial charge in [0.2, 0.25) is 0 Å². The van der Waals surface area contributed by atoms with Crippen molar-refractivity contribution in [2.24, 2.45) is 24.3 Å². The molecular weight excluding hydrogens is 384 g/mol. The highest BCUT2D eigenvalue weighted by atomic mass is 16.5. The van der Waals surface area contributed by atoms with Crippen LogP contribution in [-0.2, 0) is 18.3 Å². The van der Waals surface area contributed by atoms with E-state index in [4.69, 9.17) is 4.74 Å². The van der Waals surface area contributed by atoms with Crippen LogP contribution in [0.1, 0.15) is 75.0 Å². The van der Waals surface area contributed by atoms with Gasteiger partial charge in [0.15, 0.2) is 5.78 Å². The van der Waals surface area contributed by atoms with Crippen LogP contribution in [0.3, 0.4) is 0 Å². The first-order valence-corrected chi connectivity index (χ1v) is 12.0. The largest absolute Gasteiger partial charge is 0.494 e. The molecule has 2 saturated carbocycles. The van der Waals surface area contributed by atoms with Gasteiger partial charge in [0.25, 0.3) is 0 Å². The molecule has 0 aliphatic heterocycles. The Bertz CT molecular complexity index is 1020. The van der Waals surface area contributed by atoms with Crippen LogP contribution in [0.25, 0.3) is 6.08 Å². The first kappa shape index (κ1) is 20.5. The van der Waals surface area contributed by atoms with Crippen LogP contribution in [0.5, 0.6) is 5.75 Å². The van der Waals surface area contributed by atoms with E-state index >= 15 is 0 Å². The lowest BCUT2D eigenvalue weighted by Crippen LogP contribution is -2.42. The van der Waals surface area contributed by atoms with Gasteiger partial charge in [-0.3, -0.25) is 9.48 Å². The average Bonchev–Trinajstić information content (AvgIpc) is 3.29. The highest BCUT2D eigenvalue weighted by molar-refractivity contribution is 6.05. The zero-order chi connectivity index (χ0) is 21.6. The van der Waals surface area contributed by atoms with E-state index < -0.39 is 0 Å². The fourth-order valence-corrected chi connectivity index (χ4v) is 6.50. The zero-order valence-corrected chi connectivity index (χ0v) is 19.1. The molecule has 1 heterocycles. The first-order valence-electron chi connectivity index (χ1n) is 12.0. The predicted molar refractivity (Wildman–Crippen MR) is 123 cm³/mol. The van der Waals surface area contributed by atoms with Crippen molar-refractivity contribution in [3.05, 3.63) is 52.9 Å². The lowest BCUT2D eigenvalue weighted by molar-refractivity contribution is -0.127. The smallest absolute Gasteiger partial charge is 0.165 e. The number of rotatable bonds is 5. The van der Waals surface area contributed by atoms with Crippen molar-refractivity contribution >= 4 is 11.9 Å². The third-order valence-corrected chi connectivity index (χ3v) is 8.17. The Morgan fingerprint density at radius 1 is 1.32 bits per heavy atom. The minimum atomic E-state index is -0.198. The summed E-state index contributed by atoms with van der Waals surface area (Å²) in [5, 5.41) is 4.26. The van der Waals surface area contributed by atoms with Crippen LogP contribution >= 0.6 is 0 Å². The molecule has 31 heavy (non-hydrogen) atoms. The van der Waals surface area contributed by atoms with E-state index in [0.29, 0.717) is 23.5 Å². The number of benzene rings is 1. The number of hydrogen-bond acceptors (Lipinski definition) is 3. The van der Waals surface area contributed by atoms with Crippen molar-refractivity contribution in [2.75, 3.05) is 6.61 Å². The molecule has 1 aromatic carbocycles. The Morgan fingerprint density at radius 3 is 2.97 bits per heavy atom. The number of nitrogens with zero attached hydrogens (tertiary/aromatic N) is 2. The highest BCUT2D eigenvalue weighted by Gasteiger charge is 2.56. The molecule has 0 N–H and O–H groups in total. The van der Waals surface area contributed by atoms with E-state index in [1.165, 1.54) is 17.5 Å². The summed E-state index contributed by atoms with van der Waals surface area (Å²) >= 11 is 0. The molecule has 0 bridgehead atoms. The van der Waals surface area contributed by atoms with Crippen LogP contribution in [-0.4, -0.2) is 22.2 Å². The summed E-state index contributed by atoms with van der Waals surface area (Å²) < 4.78 is 7.76.